The van der Waals surface area contributed by atoms with Crippen LogP contribution in [0, 0.1) is 0 Å². The Morgan fingerprint density at radius 1 is 0.840 bits per heavy atom. The molecule has 1 N–H and O–H groups in total. The number of ether oxygens (including phenoxy) is 1. The second kappa shape index (κ2) is 7.67. The van der Waals surface area contributed by atoms with Gasteiger partial charge in [0, 0.05) is 16.8 Å². The Kier molecular flexibility index (Phi) is 5.14. The van der Waals surface area contributed by atoms with Crippen molar-refractivity contribution in [2.24, 2.45) is 0 Å². The molecule has 3 aromatic carbocycles. The van der Waals surface area contributed by atoms with Crippen LogP contribution in [-0.4, -0.2) is 12.0 Å². The van der Waals surface area contributed by atoms with Crippen molar-refractivity contribution in [3.8, 4) is 16.9 Å². The summed E-state index contributed by atoms with van der Waals surface area (Å²) in [5.41, 5.74) is 3.45. The molecule has 0 heterocycles. The maximum absolute atomic E-state index is 12.6. The van der Waals surface area contributed by atoms with E-state index in [0.29, 0.717) is 5.56 Å². The highest BCUT2D eigenvalue weighted by Gasteiger charge is 2.10. The Morgan fingerprint density at radius 2 is 1.48 bits per heavy atom. The Balaban J connectivity index is 1.80. The van der Waals surface area contributed by atoms with Gasteiger partial charge in [-0.1, -0.05) is 48.5 Å². The summed E-state index contributed by atoms with van der Waals surface area (Å²) < 4.78 is 5.61. The highest BCUT2D eigenvalue weighted by Crippen LogP contribution is 2.28. The number of nitrogens with one attached hydrogen (secondary N) is 1. The number of para-hydroxylation sites is 1. The van der Waals surface area contributed by atoms with Crippen molar-refractivity contribution in [3.63, 3.8) is 0 Å². The number of benzene rings is 3. The lowest BCUT2D eigenvalue weighted by Crippen LogP contribution is -2.12. The molecule has 0 saturated carbocycles. The molecule has 0 saturated heterocycles. The van der Waals surface area contributed by atoms with Crippen LogP contribution in [0.2, 0.25) is 0 Å². The van der Waals surface area contributed by atoms with Crippen LogP contribution in [0.15, 0.2) is 78.9 Å². The standard InChI is InChI=1S/C22H21NO2/c1-16(2)25-19-14-12-18(13-15-19)22(24)23-21-11-7-6-10-20(21)17-8-4-3-5-9-17/h3-16H,1-2H3,(H,23,24). The predicted molar refractivity (Wildman–Crippen MR) is 102 cm³/mol. The lowest BCUT2D eigenvalue weighted by molar-refractivity contribution is 0.102. The summed E-state index contributed by atoms with van der Waals surface area (Å²) in [6, 6.07) is 25.0. The van der Waals surface area contributed by atoms with Crippen molar-refractivity contribution in [3.05, 3.63) is 84.4 Å². The minimum Gasteiger partial charge on any atom is -0.491 e. The maximum atomic E-state index is 12.6. The van der Waals surface area contributed by atoms with Gasteiger partial charge in [0.2, 0.25) is 0 Å². The molecular formula is C22H21NO2. The molecular weight excluding hydrogens is 310 g/mol. The van der Waals surface area contributed by atoms with Gasteiger partial charge in [0.1, 0.15) is 5.75 Å². The monoisotopic (exact) mass is 331 g/mol. The minimum atomic E-state index is -0.139. The molecule has 3 nitrogen and oxygen atoms in total. The number of hydrogen-bond donors (Lipinski definition) is 1. The molecule has 0 spiro atoms. The van der Waals surface area contributed by atoms with Gasteiger partial charge in [0.25, 0.3) is 5.91 Å². The van der Waals surface area contributed by atoms with Crippen LogP contribution in [0.4, 0.5) is 5.69 Å². The van der Waals surface area contributed by atoms with Crippen molar-refractivity contribution >= 4 is 11.6 Å². The van der Waals surface area contributed by atoms with Crippen LogP contribution >= 0.6 is 0 Å². The van der Waals surface area contributed by atoms with Crippen LogP contribution in [-0.2, 0) is 0 Å². The molecule has 0 fully saturated rings. The van der Waals surface area contributed by atoms with Gasteiger partial charge in [-0.2, -0.15) is 0 Å². The first-order chi connectivity index (χ1) is 12.1. The third-order valence-corrected chi connectivity index (χ3v) is 3.75. The molecule has 0 atom stereocenters. The highest BCUT2D eigenvalue weighted by molar-refractivity contribution is 6.06. The summed E-state index contributed by atoms with van der Waals surface area (Å²) in [5.74, 6) is 0.621. The molecule has 0 aliphatic rings. The average molecular weight is 331 g/mol. The first kappa shape index (κ1) is 16.8. The van der Waals surface area contributed by atoms with Crippen LogP contribution < -0.4 is 10.1 Å². The third-order valence-electron chi connectivity index (χ3n) is 3.75. The zero-order valence-electron chi connectivity index (χ0n) is 14.4. The van der Waals surface area contributed by atoms with E-state index < -0.39 is 0 Å². The van der Waals surface area contributed by atoms with Gasteiger partial charge in [-0.15, -0.1) is 0 Å². The van der Waals surface area contributed by atoms with Gasteiger partial charge >= 0.3 is 0 Å². The number of anilines is 1. The first-order valence-corrected chi connectivity index (χ1v) is 8.36. The fraction of sp³-hybridized carbons (Fsp3) is 0.136. The van der Waals surface area contributed by atoms with E-state index in [1.165, 1.54) is 0 Å². The molecule has 0 bridgehead atoms. The summed E-state index contributed by atoms with van der Waals surface area (Å²) in [7, 11) is 0. The quantitative estimate of drug-likeness (QED) is 0.680. The zero-order chi connectivity index (χ0) is 17.6. The first-order valence-electron chi connectivity index (χ1n) is 8.36. The van der Waals surface area contributed by atoms with E-state index in [2.05, 4.69) is 5.32 Å². The summed E-state index contributed by atoms with van der Waals surface area (Å²) >= 11 is 0. The van der Waals surface area contributed by atoms with E-state index in [0.717, 1.165) is 22.6 Å². The van der Waals surface area contributed by atoms with E-state index in [9.17, 15) is 4.79 Å². The normalized spacial score (nSPS) is 10.5. The lowest BCUT2D eigenvalue weighted by Gasteiger charge is -2.12. The molecule has 3 heteroatoms. The Morgan fingerprint density at radius 3 is 2.16 bits per heavy atom. The zero-order valence-corrected chi connectivity index (χ0v) is 14.4. The Labute approximate surface area is 148 Å². The van der Waals surface area contributed by atoms with Crippen molar-refractivity contribution in [2.75, 3.05) is 5.32 Å². The molecule has 0 unspecified atom stereocenters. The van der Waals surface area contributed by atoms with E-state index in [1.807, 2.05) is 80.6 Å². The molecule has 3 rings (SSSR count). The predicted octanol–water partition coefficient (Wildman–Crippen LogP) is 5.39. The second-order valence-electron chi connectivity index (χ2n) is 6.06. The van der Waals surface area contributed by atoms with Gasteiger partial charge < -0.3 is 10.1 Å². The lowest BCUT2D eigenvalue weighted by atomic mass is 10.0. The minimum absolute atomic E-state index is 0.109. The van der Waals surface area contributed by atoms with E-state index in [1.54, 1.807) is 12.1 Å². The van der Waals surface area contributed by atoms with Gasteiger partial charge in [-0.25, -0.2) is 0 Å². The smallest absolute Gasteiger partial charge is 0.255 e. The van der Waals surface area contributed by atoms with Gasteiger partial charge in [0.05, 0.1) is 6.10 Å². The van der Waals surface area contributed by atoms with Gasteiger partial charge in [-0.05, 0) is 49.7 Å². The van der Waals surface area contributed by atoms with E-state index in [4.69, 9.17) is 4.74 Å². The number of carbonyl (C=O) groups is 1. The summed E-state index contributed by atoms with van der Waals surface area (Å²) in [6.07, 6.45) is 0.109. The number of rotatable bonds is 5. The molecule has 25 heavy (non-hydrogen) atoms. The second-order valence-corrected chi connectivity index (χ2v) is 6.06. The van der Waals surface area contributed by atoms with Gasteiger partial charge in [0.15, 0.2) is 0 Å². The number of hydrogen-bond acceptors (Lipinski definition) is 2. The van der Waals surface area contributed by atoms with Crippen molar-refractivity contribution in [2.45, 2.75) is 20.0 Å². The Hall–Kier alpha value is -3.07. The highest BCUT2D eigenvalue weighted by atomic mass is 16.5. The van der Waals surface area contributed by atoms with E-state index in [-0.39, 0.29) is 12.0 Å². The summed E-state index contributed by atoms with van der Waals surface area (Å²) in [6.45, 7) is 3.95. The molecule has 3 aromatic rings. The molecule has 0 aliphatic carbocycles. The molecule has 126 valence electrons. The van der Waals surface area contributed by atoms with Crippen molar-refractivity contribution in [1.82, 2.24) is 0 Å². The van der Waals surface area contributed by atoms with Crippen LogP contribution in [0.5, 0.6) is 5.75 Å². The Bertz CT molecular complexity index is 839. The van der Waals surface area contributed by atoms with Crippen molar-refractivity contribution < 1.29 is 9.53 Å². The summed E-state index contributed by atoms with van der Waals surface area (Å²) in [5, 5.41) is 3.01. The maximum Gasteiger partial charge on any atom is 0.255 e. The topological polar surface area (TPSA) is 38.3 Å². The van der Waals surface area contributed by atoms with Crippen LogP contribution in [0.1, 0.15) is 24.2 Å². The SMILES string of the molecule is CC(C)Oc1ccc(C(=O)Nc2ccccc2-c2ccccc2)cc1. The number of carbonyl (C=O) groups excluding carboxylic acids is 1. The third kappa shape index (κ3) is 4.27. The average Bonchev–Trinajstić information content (AvgIpc) is 2.63. The fourth-order valence-electron chi connectivity index (χ4n) is 2.61. The molecule has 1 amide bonds. The molecule has 0 aromatic heterocycles. The summed E-state index contributed by atoms with van der Waals surface area (Å²) in [4.78, 5) is 12.6. The van der Waals surface area contributed by atoms with Crippen LogP contribution in [0.3, 0.4) is 0 Å². The van der Waals surface area contributed by atoms with Crippen LogP contribution in [0.25, 0.3) is 11.1 Å². The molecule has 0 radical (unpaired) electrons. The number of amides is 1. The van der Waals surface area contributed by atoms with E-state index >= 15 is 0 Å². The van der Waals surface area contributed by atoms with Gasteiger partial charge in [-0.3, -0.25) is 4.79 Å². The fourth-order valence-corrected chi connectivity index (χ4v) is 2.61. The van der Waals surface area contributed by atoms with Crippen molar-refractivity contribution in [1.29, 1.82) is 0 Å². The molecule has 0 aliphatic heterocycles. The largest absolute Gasteiger partial charge is 0.491 e.